The van der Waals surface area contributed by atoms with Gasteiger partial charge in [-0.25, -0.2) is 0 Å². The first-order chi connectivity index (χ1) is 11.7. The number of carboxylic acids is 1. The molecule has 1 N–H and O–H groups in total. The van der Waals surface area contributed by atoms with Gasteiger partial charge in [-0.3, -0.25) is 4.79 Å². The van der Waals surface area contributed by atoms with E-state index in [1.807, 2.05) is 11.3 Å². The second-order valence-corrected chi connectivity index (χ2v) is 9.08. The minimum atomic E-state index is -0.679. The summed E-state index contributed by atoms with van der Waals surface area (Å²) in [5.41, 5.74) is 1.55. The van der Waals surface area contributed by atoms with Crippen LogP contribution in [0.15, 0.2) is 23.1 Å². The minimum absolute atomic E-state index is 0.325. The molecule has 0 saturated carbocycles. The van der Waals surface area contributed by atoms with E-state index in [9.17, 15) is 9.90 Å². The maximum atomic E-state index is 11.6. The van der Waals surface area contributed by atoms with Crippen LogP contribution in [0.5, 0.6) is 0 Å². The van der Waals surface area contributed by atoms with Crippen LogP contribution in [-0.2, 0) is 17.6 Å². The summed E-state index contributed by atoms with van der Waals surface area (Å²) >= 11 is 3.44. The van der Waals surface area contributed by atoms with Gasteiger partial charge in [0.25, 0.3) is 0 Å². The zero-order valence-electron chi connectivity index (χ0n) is 14.3. The summed E-state index contributed by atoms with van der Waals surface area (Å²) in [6.07, 6.45) is 10.3. The zero-order chi connectivity index (χ0) is 16.9. The van der Waals surface area contributed by atoms with Crippen molar-refractivity contribution in [3.63, 3.8) is 0 Å². The van der Waals surface area contributed by atoms with Gasteiger partial charge in [-0.05, 0) is 55.2 Å². The lowest BCUT2D eigenvalue weighted by Crippen LogP contribution is -2.16. The number of fused-ring (bicyclic) bond motifs is 3. The first kappa shape index (κ1) is 17.8. The molecule has 0 amide bonds. The fourth-order valence-electron chi connectivity index (χ4n) is 3.47. The summed E-state index contributed by atoms with van der Waals surface area (Å²) < 4.78 is 1.34. The monoisotopic (exact) mass is 362 g/mol. The van der Waals surface area contributed by atoms with Gasteiger partial charge in [-0.2, -0.15) is 0 Å². The van der Waals surface area contributed by atoms with Crippen molar-refractivity contribution >= 4 is 39.2 Å². The molecule has 0 saturated heterocycles. The lowest BCUT2D eigenvalue weighted by molar-refractivity contribution is -0.136. The number of thioether (sulfide) groups is 1. The smallest absolute Gasteiger partial charge is 0.316 e. The molecule has 0 fully saturated rings. The molecule has 0 aliphatic heterocycles. The number of benzene rings is 1. The molecule has 1 unspecified atom stereocenters. The van der Waals surface area contributed by atoms with Gasteiger partial charge < -0.3 is 5.11 Å². The SMILES string of the molecule is CCCCCCC(Sc1ccc2c3c(sc2c1)CCCC3)C(=O)O. The van der Waals surface area contributed by atoms with E-state index in [1.165, 1.54) is 60.4 Å². The number of thiophene rings is 1. The molecule has 2 aromatic rings. The summed E-state index contributed by atoms with van der Waals surface area (Å²) in [4.78, 5) is 14.2. The molecule has 2 nitrogen and oxygen atoms in total. The summed E-state index contributed by atoms with van der Waals surface area (Å²) in [7, 11) is 0. The van der Waals surface area contributed by atoms with E-state index >= 15 is 0 Å². The molecule has 1 heterocycles. The number of hydrogen-bond acceptors (Lipinski definition) is 3. The van der Waals surface area contributed by atoms with E-state index in [4.69, 9.17) is 0 Å². The van der Waals surface area contributed by atoms with Crippen LogP contribution in [0.3, 0.4) is 0 Å². The lowest BCUT2D eigenvalue weighted by atomic mass is 9.96. The Labute approximate surface area is 152 Å². The van der Waals surface area contributed by atoms with Crippen molar-refractivity contribution in [3.8, 4) is 0 Å². The lowest BCUT2D eigenvalue weighted by Gasteiger charge is -2.12. The predicted molar refractivity (Wildman–Crippen MR) is 105 cm³/mol. The predicted octanol–water partition coefficient (Wildman–Crippen LogP) is 6.30. The van der Waals surface area contributed by atoms with Gasteiger partial charge in [0.1, 0.15) is 5.25 Å². The molecule has 24 heavy (non-hydrogen) atoms. The van der Waals surface area contributed by atoms with Crippen LogP contribution in [0.2, 0.25) is 0 Å². The maximum absolute atomic E-state index is 11.6. The molecule has 4 heteroatoms. The normalized spacial score (nSPS) is 15.4. The fraction of sp³-hybridized carbons (Fsp3) is 0.550. The molecular weight excluding hydrogens is 336 g/mol. The number of aryl methyl sites for hydroxylation is 2. The molecular formula is C20H26O2S2. The Balaban J connectivity index is 1.72. The van der Waals surface area contributed by atoms with Gasteiger partial charge in [0.05, 0.1) is 0 Å². The molecule has 1 atom stereocenters. The van der Waals surface area contributed by atoms with Gasteiger partial charge in [0, 0.05) is 14.5 Å². The van der Waals surface area contributed by atoms with Crippen LogP contribution in [0, 0.1) is 0 Å². The Hall–Kier alpha value is -1.00. The van der Waals surface area contributed by atoms with Crippen molar-refractivity contribution in [2.45, 2.75) is 74.9 Å². The van der Waals surface area contributed by atoms with Gasteiger partial charge in [0.15, 0.2) is 0 Å². The topological polar surface area (TPSA) is 37.3 Å². The van der Waals surface area contributed by atoms with Gasteiger partial charge in [0.2, 0.25) is 0 Å². The second kappa shape index (κ2) is 8.39. The van der Waals surface area contributed by atoms with Crippen LogP contribution in [0.4, 0.5) is 0 Å². The van der Waals surface area contributed by atoms with E-state index < -0.39 is 5.97 Å². The van der Waals surface area contributed by atoms with E-state index in [-0.39, 0.29) is 5.25 Å². The van der Waals surface area contributed by atoms with Crippen molar-refractivity contribution in [1.29, 1.82) is 0 Å². The Morgan fingerprint density at radius 3 is 2.88 bits per heavy atom. The third kappa shape index (κ3) is 4.15. The molecule has 1 aromatic heterocycles. The highest BCUT2D eigenvalue weighted by Gasteiger charge is 2.20. The standard InChI is InChI=1S/C20H26O2S2/c1-2-3-4-5-10-18(20(21)22)23-14-11-12-16-15-8-6-7-9-17(15)24-19(16)13-14/h11-13,18H,2-10H2,1H3,(H,21,22). The average molecular weight is 363 g/mol. The highest BCUT2D eigenvalue weighted by atomic mass is 32.2. The van der Waals surface area contributed by atoms with Crippen molar-refractivity contribution in [2.24, 2.45) is 0 Å². The molecule has 0 spiro atoms. The summed E-state index contributed by atoms with van der Waals surface area (Å²) in [6.45, 7) is 2.18. The number of rotatable bonds is 8. The largest absolute Gasteiger partial charge is 0.480 e. The minimum Gasteiger partial charge on any atom is -0.480 e. The summed E-state index contributed by atoms with van der Waals surface area (Å²) in [6, 6.07) is 6.55. The maximum Gasteiger partial charge on any atom is 0.316 e. The quantitative estimate of drug-likeness (QED) is 0.442. The first-order valence-electron chi connectivity index (χ1n) is 9.12. The first-order valence-corrected chi connectivity index (χ1v) is 10.8. The molecule has 0 radical (unpaired) electrons. The van der Waals surface area contributed by atoms with Crippen LogP contribution >= 0.6 is 23.1 Å². The highest BCUT2D eigenvalue weighted by molar-refractivity contribution is 8.00. The Morgan fingerprint density at radius 1 is 1.25 bits per heavy atom. The third-order valence-electron chi connectivity index (χ3n) is 4.80. The van der Waals surface area contributed by atoms with Crippen LogP contribution in [0.25, 0.3) is 10.1 Å². The van der Waals surface area contributed by atoms with Crippen molar-refractivity contribution in [1.82, 2.24) is 0 Å². The van der Waals surface area contributed by atoms with Crippen LogP contribution in [0.1, 0.15) is 62.3 Å². The Morgan fingerprint density at radius 2 is 2.08 bits per heavy atom. The number of carbonyl (C=O) groups is 1. The number of hydrogen-bond donors (Lipinski definition) is 1. The van der Waals surface area contributed by atoms with Crippen molar-refractivity contribution in [2.75, 3.05) is 0 Å². The highest BCUT2D eigenvalue weighted by Crippen LogP contribution is 2.39. The number of aliphatic carboxylic acids is 1. The zero-order valence-corrected chi connectivity index (χ0v) is 16.0. The molecule has 0 bridgehead atoms. The van der Waals surface area contributed by atoms with E-state index in [0.717, 1.165) is 24.2 Å². The third-order valence-corrected chi connectivity index (χ3v) is 7.30. The second-order valence-electron chi connectivity index (χ2n) is 6.66. The molecule has 130 valence electrons. The van der Waals surface area contributed by atoms with E-state index in [1.54, 1.807) is 10.4 Å². The average Bonchev–Trinajstić information content (AvgIpc) is 2.95. The number of unbranched alkanes of at least 4 members (excludes halogenated alkanes) is 3. The summed E-state index contributed by atoms with van der Waals surface area (Å²) in [5, 5.41) is 10.6. The van der Waals surface area contributed by atoms with Gasteiger partial charge >= 0.3 is 5.97 Å². The number of carboxylic acid groups (broad SMARTS) is 1. The Bertz CT molecular complexity index is 705. The van der Waals surface area contributed by atoms with Gasteiger partial charge in [-0.1, -0.05) is 38.7 Å². The Kier molecular flexibility index (Phi) is 6.23. The molecule has 1 aromatic carbocycles. The molecule has 3 rings (SSSR count). The van der Waals surface area contributed by atoms with Gasteiger partial charge in [-0.15, -0.1) is 23.1 Å². The molecule has 1 aliphatic rings. The fourth-order valence-corrected chi connectivity index (χ4v) is 5.93. The molecule has 1 aliphatic carbocycles. The van der Waals surface area contributed by atoms with Crippen LogP contribution in [-0.4, -0.2) is 16.3 Å². The van der Waals surface area contributed by atoms with Crippen molar-refractivity contribution in [3.05, 3.63) is 28.6 Å². The summed E-state index contributed by atoms with van der Waals surface area (Å²) in [5.74, 6) is -0.679. The van der Waals surface area contributed by atoms with Crippen molar-refractivity contribution < 1.29 is 9.90 Å². The van der Waals surface area contributed by atoms with Crippen LogP contribution < -0.4 is 0 Å². The van der Waals surface area contributed by atoms with E-state index in [2.05, 4.69) is 25.1 Å². The van der Waals surface area contributed by atoms with E-state index in [0.29, 0.717) is 0 Å².